The summed E-state index contributed by atoms with van der Waals surface area (Å²) in [5.74, 6) is -2.15. The number of rotatable bonds is 17. The third-order valence-electron chi connectivity index (χ3n) is 9.27. The Morgan fingerprint density at radius 2 is 1.36 bits per heavy atom. The van der Waals surface area contributed by atoms with E-state index in [4.69, 9.17) is 54.0 Å². The van der Waals surface area contributed by atoms with Crippen LogP contribution in [0.2, 0.25) is 10.0 Å². The number of hydrogen-bond acceptors (Lipinski definition) is 6. The third kappa shape index (κ3) is 10.6. The monoisotopic (exact) mass is 739 g/mol. The van der Waals surface area contributed by atoms with Crippen LogP contribution in [0.5, 0.6) is 0 Å². The smallest absolute Gasteiger partial charge is 0.306 e. The van der Waals surface area contributed by atoms with Gasteiger partial charge in [0.25, 0.3) is 0 Å². The third-order valence-corrected chi connectivity index (χ3v) is 9.77. The fraction of sp³-hybridized carbons (Fsp3) is 0.524. The molecular weight excluding hydrogens is 667 g/mol. The van der Waals surface area contributed by atoms with Crippen LogP contribution in [0.25, 0.3) is 0 Å². The minimum atomic E-state index is -4.66. The molecule has 0 aromatic heterocycles. The summed E-state index contributed by atoms with van der Waals surface area (Å²) < 4.78 is 161. The molecule has 270 valence electrons. The van der Waals surface area contributed by atoms with Gasteiger partial charge in [-0.1, -0.05) is 92.6 Å². The van der Waals surface area contributed by atoms with Crippen molar-refractivity contribution in [2.75, 3.05) is 37.6 Å². The van der Waals surface area contributed by atoms with Gasteiger partial charge in [0.1, 0.15) is 5.60 Å². The molecular formula is C42H54Cl2N2O4. The molecule has 2 fully saturated rings. The Morgan fingerprint density at radius 1 is 0.780 bits per heavy atom. The van der Waals surface area contributed by atoms with Crippen molar-refractivity contribution in [3.05, 3.63) is 99.5 Å². The Labute approximate surface area is 335 Å². The van der Waals surface area contributed by atoms with Gasteiger partial charge in [-0.15, -0.1) is 0 Å². The van der Waals surface area contributed by atoms with Gasteiger partial charge in [0.15, 0.2) is 5.78 Å². The average molecular weight is 741 g/mol. The molecule has 0 aliphatic carbocycles. The van der Waals surface area contributed by atoms with Gasteiger partial charge in [0.05, 0.1) is 5.60 Å². The number of halogens is 2. The van der Waals surface area contributed by atoms with E-state index >= 15 is 0 Å². The van der Waals surface area contributed by atoms with Gasteiger partial charge in [-0.25, -0.2) is 0 Å². The maximum Gasteiger partial charge on any atom is 0.306 e. The summed E-state index contributed by atoms with van der Waals surface area (Å²) in [6.07, 6.45) is -34.3. The lowest BCUT2D eigenvalue weighted by atomic mass is 9.84. The highest BCUT2D eigenvalue weighted by Gasteiger charge is 2.40. The number of carbonyl (C=O) groups excluding carboxylic acids is 2. The molecule has 5 rings (SSSR count). The second kappa shape index (κ2) is 18.5. The molecule has 50 heavy (non-hydrogen) atoms. The fourth-order valence-corrected chi connectivity index (χ4v) is 6.68. The molecule has 0 bridgehead atoms. The summed E-state index contributed by atoms with van der Waals surface area (Å²) in [7, 11) is 0. The molecule has 6 nitrogen and oxygen atoms in total. The molecule has 2 aliphatic rings. The molecule has 0 radical (unpaired) electrons. The second-order valence-electron chi connectivity index (χ2n) is 12.3. The number of likely N-dealkylation sites (tertiary alicyclic amines) is 1. The molecule has 0 atom stereocenters. The topological polar surface area (TPSA) is 70.1 Å². The van der Waals surface area contributed by atoms with Crippen LogP contribution in [0.1, 0.15) is 144 Å². The minimum absolute atomic E-state index is 0.0422. The van der Waals surface area contributed by atoms with Crippen molar-refractivity contribution >= 4 is 40.6 Å². The number of ketones is 1. The van der Waals surface area contributed by atoms with Crippen LogP contribution in [0, 0.1) is 0 Å². The van der Waals surface area contributed by atoms with Crippen molar-refractivity contribution in [1.82, 2.24) is 4.90 Å². The van der Waals surface area contributed by atoms with Crippen molar-refractivity contribution in [1.29, 1.82) is 0 Å². The minimum Gasteiger partial charge on any atom is -0.454 e. The highest BCUT2D eigenvalue weighted by molar-refractivity contribution is 6.30. The summed E-state index contributed by atoms with van der Waals surface area (Å²) in [5.41, 5.74) is -0.161. The van der Waals surface area contributed by atoms with Crippen LogP contribution < -0.4 is 4.90 Å². The average Bonchev–Trinajstić information content (AvgIpc) is 3.26. The number of benzene rings is 3. The van der Waals surface area contributed by atoms with E-state index in [0.717, 1.165) is 11.3 Å². The zero-order valence-electron chi connectivity index (χ0n) is 46.5. The van der Waals surface area contributed by atoms with Gasteiger partial charge in [0, 0.05) is 99.2 Å². The Hall–Kier alpha value is -2.90. The number of anilines is 1. The number of aliphatic hydroxyl groups is 1. The molecule has 0 unspecified atom stereocenters. The van der Waals surface area contributed by atoms with Gasteiger partial charge in [0.2, 0.25) is 0 Å². The maximum atomic E-state index is 13.9. The lowest BCUT2D eigenvalue weighted by Gasteiger charge is -2.41. The number of hydrogen-bond donors (Lipinski definition) is 1. The summed E-state index contributed by atoms with van der Waals surface area (Å²) in [5, 5.41) is 12.1. The van der Waals surface area contributed by atoms with Crippen LogP contribution in [0.15, 0.2) is 72.8 Å². The van der Waals surface area contributed by atoms with E-state index in [9.17, 15) is 14.7 Å². The molecule has 3 aromatic rings. The zero-order chi connectivity index (χ0) is 52.2. The Morgan fingerprint density at radius 3 is 1.98 bits per heavy atom. The Kier molecular flexibility index (Phi) is 7.56. The molecule has 1 N–H and O–H groups in total. The lowest BCUT2D eigenvalue weighted by Crippen LogP contribution is -2.45. The van der Waals surface area contributed by atoms with E-state index in [1.807, 2.05) is 29.2 Å². The van der Waals surface area contributed by atoms with Crippen LogP contribution in [0.3, 0.4) is 0 Å². The van der Waals surface area contributed by atoms with E-state index in [1.165, 1.54) is 24.3 Å². The van der Waals surface area contributed by atoms with E-state index in [1.54, 1.807) is 24.3 Å². The summed E-state index contributed by atoms with van der Waals surface area (Å²) in [6, 6.07) is 20.3. The quantitative estimate of drug-likeness (QED) is 0.110. The molecule has 2 aliphatic heterocycles. The summed E-state index contributed by atoms with van der Waals surface area (Å²) in [6.45, 7) is -1.95. The SMILES string of the molecule is [2H]C([2H])([2H])C([2H])([2H])C([2H])([2H])C([2H])([2H])C([2H])([2H])C([2H])([2H])C([2H])([2H])C([2H])([2H])C([2H])([2H])C(=O)OC1(c2ccc(Cl)cc2)CCN(CCCC(=O)c2ccc(N3CCC(O)(c4ccc(Cl)cc4)CC3)cc2)CC1. The van der Waals surface area contributed by atoms with E-state index in [0.29, 0.717) is 49.5 Å². The normalized spacial score (nSPS) is 25.6. The van der Waals surface area contributed by atoms with Gasteiger partial charge in [-0.3, -0.25) is 9.59 Å². The van der Waals surface area contributed by atoms with Crippen LogP contribution in [0.4, 0.5) is 5.69 Å². The van der Waals surface area contributed by atoms with Gasteiger partial charge in [-0.05, 0) is 91.8 Å². The molecule has 0 amide bonds. The number of ether oxygens (including phenoxy) is 1. The van der Waals surface area contributed by atoms with Gasteiger partial charge >= 0.3 is 5.97 Å². The van der Waals surface area contributed by atoms with Crippen LogP contribution in [-0.2, 0) is 20.7 Å². The molecule has 2 heterocycles. The second-order valence-corrected chi connectivity index (χ2v) is 13.2. The predicted molar refractivity (Wildman–Crippen MR) is 204 cm³/mol. The van der Waals surface area contributed by atoms with Crippen molar-refractivity contribution in [3.8, 4) is 0 Å². The largest absolute Gasteiger partial charge is 0.454 e. The number of esters is 1. The summed E-state index contributed by atoms with van der Waals surface area (Å²) >= 11 is 12.1. The number of carbonyl (C=O) groups is 2. The van der Waals surface area contributed by atoms with Crippen molar-refractivity contribution in [2.45, 2.75) is 108 Å². The number of Topliss-reactive ketones (excluding diaryl/α,β-unsaturated/α-hetero) is 1. The predicted octanol–water partition coefficient (Wildman–Crippen LogP) is 10.1. The van der Waals surface area contributed by atoms with Crippen molar-refractivity contribution < 1.29 is 45.5 Å². The number of nitrogens with zero attached hydrogens (tertiary/aromatic N) is 2. The van der Waals surface area contributed by atoms with Crippen LogP contribution in [-0.4, -0.2) is 54.5 Å². The zero-order valence-corrected chi connectivity index (χ0v) is 29.0. The van der Waals surface area contributed by atoms with Crippen LogP contribution >= 0.6 is 23.2 Å². The fourth-order valence-electron chi connectivity index (χ4n) is 6.43. The molecule has 3 aromatic carbocycles. The van der Waals surface area contributed by atoms with Gasteiger partial charge < -0.3 is 19.6 Å². The Balaban J connectivity index is 1.25. The first-order valence-electron chi connectivity index (χ1n) is 26.0. The first-order valence-corrected chi connectivity index (χ1v) is 17.2. The highest BCUT2D eigenvalue weighted by Crippen LogP contribution is 2.38. The molecule has 2 saturated heterocycles. The summed E-state index contributed by atoms with van der Waals surface area (Å²) in [4.78, 5) is 31.3. The molecule has 0 saturated carbocycles. The van der Waals surface area contributed by atoms with Crippen molar-refractivity contribution in [2.24, 2.45) is 0 Å². The molecule has 8 heteroatoms. The van der Waals surface area contributed by atoms with E-state index in [2.05, 4.69) is 4.90 Å². The maximum absolute atomic E-state index is 13.9. The van der Waals surface area contributed by atoms with E-state index in [-0.39, 0.29) is 48.7 Å². The Bertz CT molecular complexity index is 2300. The van der Waals surface area contributed by atoms with E-state index < -0.39 is 75.0 Å². The lowest BCUT2D eigenvalue weighted by molar-refractivity contribution is -0.167. The highest BCUT2D eigenvalue weighted by atomic mass is 35.5. The molecule has 0 spiro atoms. The van der Waals surface area contributed by atoms with Gasteiger partial charge in [-0.2, -0.15) is 0 Å². The van der Waals surface area contributed by atoms with Crippen molar-refractivity contribution in [3.63, 3.8) is 0 Å². The number of piperidine rings is 2. The standard InChI is InChI=1S/C42H54Cl2N2O4/c1-2-3-4-5-6-7-8-11-40(48)50-42(35-16-20-37(44)21-17-35)26-29-45(30-27-42)28-9-10-39(47)33-12-22-38(23-13-33)46-31-24-41(49,25-32-46)34-14-18-36(43)19-15-34/h12-23,49H,2-11,24-32H2,1H3/i1D3,2D2,3D2,4D2,5D2,6D2,7D2,8D2,11D2. The first kappa shape index (κ1) is 20.4. The first-order chi connectivity index (χ1) is 31.4.